The number of rotatable bonds is 4. The van der Waals surface area contributed by atoms with Crippen molar-refractivity contribution < 1.29 is 4.79 Å². The van der Waals surface area contributed by atoms with Crippen LogP contribution in [0.3, 0.4) is 0 Å². The molecule has 0 fully saturated rings. The topological polar surface area (TPSA) is 56.0 Å². The first-order chi connectivity index (χ1) is 9.02. The average Bonchev–Trinajstić information content (AvgIpc) is 2.96. The van der Waals surface area contributed by atoms with Gasteiger partial charge in [-0.1, -0.05) is 11.6 Å². The number of halogens is 1. The van der Waals surface area contributed by atoms with Crippen LogP contribution in [-0.2, 0) is 20.1 Å². The van der Waals surface area contributed by atoms with Crippen LogP contribution in [-0.4, -0.2) is 37.4 Å². The van der Waals surface area contributed by atoms with E-state index < -0.39 is 0 Å². The van der Waals surface area contributed by atoms with E-state index >= 15 is 0 Å². The maximum absolute atomic E-state index is 12.3. The van der Waals surface area contributed by atoms with E-state index in [0.29, 0.717) is 17.3 Å². The van der Waals surface area contributed by atoms with E-state index in [9.17, 15) is 4.79 Å². The number of amides is 1. The van der Waals surface area contributed by atoms with Crippen LogP contribution in [0.5, 0.6) is 0 Å². The third kappa shape index (κ3) is 2.78. The molecule has 0 aliphatic rings. The Morgan fingerprint density at radius 3 is 2.79 bits per heavy atom. The number of aryl methyl sites for hydroxylation is 2. The molecule has 6 nitrogen and oxygen atoms in total. The number of nitrogens with zero attached hydrogens (tertiary/aromatic N) is 5. The number of carbonyl (C=O) groups excluding carboxylic acids is 1. The maximum atomic E-state index is 12.3. The smallest absolute Gasteiger partial charge is 0.273 e. The Bertz CT molecular complexity index is 569. The predicted octanol–water partition coefficient (Wildman–Crippen LogP) is 1.56. The predicted molar refractivity (Wildman–Crippen MR) is 71.9 cm³/mol. The Labute approximate surface area is 116 Å². The van der Waals surface area contributed by atoms with Crippen LogP contribution in [0, 0.1) is 0 Å². The summed E-state index contributed by atoms with van der Waals surface area (Å²) >= 11 is 5.96. The van der Waals surface area contributed by atoms with Gasteiger partial charge >= 0.3 is 0 Å². The Morgan fingerprint density at radius 1 is 1.53 bits per heavy atom. The van der Waals surface area contributed by atoms with Crippen LogP contribution in [0.4, 0.5) is 0 Å². The van der Waals surface area contributed by atoms with Gasteiger partial charge in [0, 0.05) is 26.8 Å². The van der Waals surface area contributed by atoms with Gasteiger partial charge in [0.15, 0.2) is 0 Å². The molecule has 0 bridgehead atoms. The summed E-state index contributed by atoms with van der Waals surface area (Å²) in [6.45, 7) is 3.26. The summed E-state index contributed by atoms with van der Waals surface area (Å²) < 4.78 is 3.30. The van der Waals surface area contributed by atoms with Crippen molar-refractivity contribution in [3.05, 3.63) is 34.9 Å². The average molecular weight is 282 g/mol. The highest BCUT2D eigenvalue weighted by molar-refractivity contribution is 6.33. The molecule has 0 spiro atoms. The summed E-state index contributed by atoms with van der Waals surface area (Å²) in [6.07, 6.45) is 3.36. The third-order valence-corrected chi connectivity index (χ3v) is 3.14. The maximum Gasteiger partial charge on any atom is 0.273 e. The Kier molecular flexibility index (Phi) is 3.90. The van der Waals surface area contributed by atoms with Crippen molar-refractivity contribution >= 4 is 17.5 Å². The van der Waals surface area contributed by atoms with Gasteiger partial charge < -0.3 is 4.90 Å². The minimum Gasteiger partial charge on any atom is -0.334 e. The molecule has 2 aromatic heterocycles. The van der Waals surface area contributed by atoms with Gasteiger partial charge in [0.05, 0.1) is 23.5 Å². The molecule has 19 heavy (non-hydrogen) atoms. The van der Waals surface area contributed by atoms with Crippen LogP contribution in [0.2, 0.25) is 5.02 Å². The quantitative estimate of drug-likeness (QED) is 0.855. The van der Waals surface area contributed by atoms with Crippen LogP contribution in [0.25, 0.3) is 0 Å². The first-order valence-electron chi connectivity index (χ1n) is 5.98. The van der Waals surface area contributed by atoms with Gasteiger partial charge in [-0.25, -0.2) is 0 Å². The summed E-state index contributed by atoms with van der Waals surface area (Å²) in [5.74, 6) is -0.170. The highest BCUT2D eigenvalue weighted by Gasteiger charge is 2.20. The molecule has 2 aromatic rings. The molecular weight excluding hydrogens is 266 g/mol. The van der Waals surface area contributed by atoms with Gasteiger partial charge in [0.1, 0.15) is 5.69 Å². The number of hydrogen-bond acceptors (Lipinski definition) is 3. The fraction of sp³-hybridized carbons (Fsp3) is 0.417. The molecule has 2 rings (SSSR count). The molecule has 7 heteroatoms. The zero-order valence-electron chi connectivity index (χ0n) is 11.2. The van der Waals surface area contributed by atoms with E-state index in [1.807, 2.05) is 23.9 Å². The standard InChI is InChI=1S/C12H16ClN5O/c1-4-18-6-5-9(15-18)8-16(2)12(19)11-10(13)7-14-17(11)3/h5-7H,4,8H2,1-3H3. The van der Waals surface area contributed by atoms with Crippen molar-refractivity contribution in [2.45, 2.75) is 20.0 Å². The summed E-state index contributed by atoms with van der Waals surface area (Å²) in [7, 11) is 3.41. The van der Waals surface area contributed by atoms with Crippen molar-refractivity contribution in [2.75, 3.05) is 7.05 Å². The zero-order chi connectivity index (χ0) is 14.0. The molecule has 0 atom stereocenters. The number of carbonyl (C=O) groups is 1. The van der Waals surface area contributed by atoms with Crippen LogP contribution < -0.4 is 0 Å². The molecular formula is C12H16ClN5O. The van der Waals surface area contributed by atoms with Gasteiger partial charge in [-0.15, -0.1) is 0 Å². The lowest BCUT2D eigenvalue weighted by Crippen LogP contribution is -2.28. The van der Waals surface area contributed by atoms with Crippen molar-refractivity contribution in [3.8, 4) is 0 Å². The molecule has 0 aliphatic heterocycles. The Balaban J connectivity index is 2.11. The lowest BCUT2D eigenvalue weighted by atomic mass is 10.3. The van der Waals surface area contributed by atoms with Crippen LogP contribution >= 0.6 is 11.6 Å². The molecule has 0 aromatic carbocycles. The minimum absolute atomic E-state index is 0.170. The monoisotopic (exact) mass is 281 g/mol. The van der Waals surface area contributed by atoms with E-state index in [2.05, 4.69) is 10.2 Å². The highest BCUT2D eigenvalue weighted by atomic mass is 35.5. The van der Waals surface area contributed by atoms with E-state index in [-0.39, 0.29) is 5.91 Å². The molecule has 0 unspecified atom stereocenters. The lowest BCUT2D eigenvalue weighted by molar-refractivity contribution is 0.0772. The first kappa shape index (κ1) is 13.6. The minimum atomic E-state index is -0.170. The fourth-order valence-corrected chi connectivity index (χ4v) is 2.06. The van der Waals surface area contributed by atoms with Gasteiger partial charge in [0.25, 0.3) is 5.91 Å². The Morgan fingerprint density at radius 2 is 2.26 bits per heavy atom. The van der Waals surface area contributed by atoms with E-state index in [1.54, 1.807) is 19.0 Å². The summed E-state index contributed by atoms with van der Waals surface area (Å²) in [5.41, 5.74) is 1.23. The SMILES string of the molecule is CCn1ccc(CN(C)C(=O)c2c(Cl)cnn2C)n1. The van der Waals surface area contributed by atoms with Crippen molar-refractivity contribution in [2.24, 2.45) is 7.05 Å². The lowest BCUT2D eigenvalue weighted by Gasteiger charge is -2.16. The van der Waals surface area contributed by atoms with E-state index in [0.717, 1.165) is 12.2 Å². The summed E-state index contributed by atoms with van der Waals surface area (Å²) in [4.78, 5) is 13.8. The molecule has 102 valence electrons. The molecule has 0 saturated carbocycles. The summed E-state index contributed by atoms with van der Waals surface area (Å²) in [6, 6.07) is 1.90. The summed E-state index contributed by atoms with van der Waals surface area (Å²) in [5, 5.41) is 8.67. The fourth-order valence-electron chi connectivity index (χ4n) is 1.81. The second-order valence-corrected chi connectivity index (χ2v) is 4.70. The van der Waals surface area contributed by atoms with Gasteiger partial charge in [-0.05, 0) is 13.0 Å². The first-order valence-corrected chi connectivity index (χ1v) is 6.36. The molecule has 0 radical (unpaired) electrons. The Hall–Kier alpha value is -1.82. The van der Waals surface area contributed by atoms with Crippen LogP contribution in [0.1, 0.15) is 23.1 Å². The molecule has 0 saturated heterocycles. The number of hydrogen-bond donors (Lipinski definition) is 0. The normalized spacial score (nSPS) is 10.7. The molecule has 0 N–H and O–H groups in total. The highest BCUT2D eigenvalue weighted by Crippen LogP contribution is 2.16. The van der Waals surface area contributed by atoms with Gasteiger partial charge in [-0.3, -0.25) is 14.2 Å². The number of aromatic nitrogens is 4. The second-order valence-electron chi connectivity index (χ2n) is 4.29. The molecule has 0 aliphatic carbocycles. The van der Waals surface area contributed by atoms with Gasteiger partial charge in [-0.2, -0.15) is 10.2 Å². The van der Waals surface area contributed by atoms with E-state index in [1.165, 1.54) is 10.9 Å². The second kappa shape index (κ2) is 5.44. The largest absolute Gasteiger partial charge is 0.334 e. The van der Waals surface area contributed by atoms with Crippen molar-refractivity contribution in [3.63, 3.8) is 0 Å². The molecule has 1 amide bonds. The zero-order valence-corrected chi connectivity index (χ0v) is 11.9. The van der Waals surface area contributed by atoms with Crippen molar-refractivity contribution in [1.82, 2.24) is 24.5 Å². The van der Waals surface area contributed by atoms with Crippen LogP contribution in [0.15, 0.2) is 18.5 Å². The van der Waals surface area contributed by atoms with E-state index in [4.69, 9.17) is 11.6 Å². The van der Waals surface area contributed by atoms with Crippen molar-refractivity contribution in [1.29, 1.82) is 0 Å². The third-order valence-electron chi connectivity index (χ3n) is 2.86. The molecule has 2 heterocycles. The van der Waals surface area contributed by atoms with Gasteiger partial charge in [0.2, 0.25) is 0 Å².